The minimum absolute atomic E-state index is 0.228. The molecule has 2 aromatic heterocycles. The number of aryl methyl sites for hydroxylation is 1. The smallest absolute Gasteiger partial charge is 0.356 e. The third-order valence-electron chi connectivity index (χ3n) is 4.43. The summed E-state index contributed by atoms with van der Waals surface area (Å²) < 4.78 is 4.74. The lowest BCUT2D eigenvalue weighted by atomic mass is 10.2. The van der Waals surface area contributed by atoms with Gasteiger partial charge in [-0.25, -0.2) is 9.78 Å². The van der Waals surface area contributed by atoms with Crippen LogP contribution >= 0.6 is 0 Å². The van der Waals surface area contributed by atoms with Crippen molar-refractivity contribution in [2.75, 3.05) is 50.6 Å². The van der Waals surface area contributed by atoms with Crippen LogP contribution in [-0.4, -0.2) is 67.1 Å². The van der Waals surface area contributed by atoms with Gasteiger partial charge < -0.3 is 24.8 Å². The molecule has 0 radical (unpaired) electrons. The van der Waals surface area contributed by atoms with Crippen molar-refractivity contribution < 1.29 is 14.3 Å². The number of carbonyl (C=O) groups excluding carboxylic acids is 2. The fraction of sp³-hybridized carbons (Fsp3) is 0.389. The average molecular weight is 357 g/mol. The van der Waals surface area contributed by atoms with Gasteiger partial charge in [0, 0.05) is 43.6 Å². The summed E-state index contributed by atoms with van der Waals surface area (Å²) in [7, 11) is 3.39. The molecule has 138 valence electrons. The summed E-state index contributed by atoms with van der Waals surface area (Å²) in [5, 5.41) is 2.77. The van der Waals surface area contributed by atoms with E-state index in [9.17, 15) is 9.59 Å². The van der Waals surface area contributed by atoms with Crippen molar-refractivity contribution in [3.63, 3.8) is 0 Å². The molecular formula is C18H23N5O3. The number of anilines is 2. The predicted molar refractivity (Wildman–Crippen MR) is 98.8 cm³/mol. The first-order valence-corrected chi connectivity index (χ1v) is 8.46. The highest BCUT2D eigenvalue weighted by molar-refractivity contribution is 6.07. The van der Waals surface area contributed by atoms with E-state index in [1.54, 1.807) is 31.3 Å². The summed E-state index contributed by atoms with van der Waals surface area (Å²) in [4.78, 5) is 36.2. The van der Waals surface area contributed by atoms with Gasteiger partial charge in [-0.2, -0.15) is 0 Å². The van der Waals surface area contributed by atoms with Crippen LogP contribution in [-0.2, 0) is 4.74 Å². The van der Waals surface area contributed by atoms with Gasteiger partial charge >= 0.3 is 5.97 Å². The fourth-order valence-corrected chi connectivity index (χ4v) is 2.91. The minimum atomic E-state index is -0.527. The van der Waals surface area contributed by atoms with Crippen LogP contribution in [0.25, 0.3) is 0 Å². The number of likely N-dealkylation sites (N-methyl/N-ethyl adjacent to an activating group) is 1. The lowest BCUT2D eigenvalue weighted by molar-refractivity contribution is 0.0596. The Balaban J connectivity index is 1.77. The van der Waals surface area contributed by atoms with Crippen LogP contribution < -0.4 is 10.2 Å². The molecule has 3 heterocycles. The number of aromatic amines is 1. The first-order chi connectivity index (χ1) is 12.5. The summed E-state index contributed by atoms with van der Waals surface area (Å²) in [6.07, 6.45) is 1.63. The molecular weight excluding hydrogens is 334 g/mol. The number of nitrogens with one attached hydrogen (secondary N) is 2. The zero-order valence-electron chi connectivity index (χ0n) is 15.2. The summed E-state index contributed by atoms with van der Waals surface area (Å²) in [6.45, 7) is 5.47. The molecule has 2 N–H and O–H groups in total. The molecule has 26 heavy (non-hydrogen) atoms. The van der Waals surface area contributed by atoms with Crippen molar-refractivity contribution >= 4 is 23.4 Å². The first-order valence-electron chi connectivity index (χ1n) is 8.46. The van der Waals surface area contributed by atoms with Crippen LogP contribution in [0.5, 0.6) is 0 Å². The van der Waals surface area contributed by atoms with Gasteiger partial charge in [-0.15, -0.1) is 0 Å². The van der Waals surface area contributed by atoms with Gasteiger partial charge in [-0.1, -0.05) is 0 Å². The predicted octanol–water partition coefficient (Wildman–Crippen LogP) is 1.51. The van der Waals surface area contributed by atoms with E-state index in [1.165, 1.54) is 7.11 Å². The van der Waals surface area contributed by atoms with Crippen LogP contribution in [0.1, 0.15) is 26.5 Å². The molecule has 1 aliphatic heterocycles. The van der Waals surface area contributed by atoms with Crippen LogP contribution in [0.4, 0.5) is 11.5 Å². The lowest BCUT2D eigenvalue weighted by Crippen LogP contribution is -2.44. The van der Waals surface area contributed by atoms with Crippen molar-refractivity contribution in [2.45, 2.75) is 6.92 Å². The molecule has 1 amide bonds. The molecule has 1 aliphatic rings. The number of rotatable bonds is 4. The topological polar surface area (TPSA) is 90.6 Å². The van der Waals surface area contributed by atoms with Crippen molar-refractivity contribution in [3.8, 4) is 0 Å². The van der Waals surface area contributed by atoms with Crippen LogP contribution in [0.3, 0.4) is 0 Å². The van der Waals surface area contributed by atoms with Gasteiger partial charge in [-0.05, 0) is 32.2 Å². The Bertz CT molecular complexity index is 809. The second kappa shape index (κ2) is 7.57. The molecule has 1 fully saturated rings. The number of hydrogen-bond donors (Lipinski definition) is 2. The number of pyridine rings is 1. The van der Waals surface area contributed by atoms with Crippen LogP contribution in [0, 0.1) is 6.92 Å². The van der Waals surface area contributed by atoms with E-state index in [0.29, 0.717) is 11.3 Å². The van der Waals surface area contributed by atoms with Gasteiger partial charge in [0.1, 0.15) is 11.5 Å². The van der Waals surface area contributed by atoms with Crippen molar-refractivity contribution in [1.82, 2.24) is 14.9 Å². The number of esters is 1. The quantitative estimate of drug-likeness (QED) is 0.806. The van der Waals surface area contributed by atoms with E-state index in [0.717, 1.165) is 37.7 Å². The Labute approximate surface area is 152 Å². The maximum Gasteiger partial charge on any atom is 0.356 e. The molecule has 3 rings (SSSR count). The third kappa shape index (κ3) is 3.85. The first kappa shape index (κ1) is 17.9. The zero-order chi connectivity index (χ0) is 18.7. The van der Waals surface area contributed by atoms with Crippen molar-refractivity contribution in [3.05, 3.63) is 41.3 Å². The molecule has 2 aromatic rings. The van der Waals surface area contributed by atoms with E-state index in [2.05, 4.69) is 32.1 Å². The van der Waals surface area contributed by atoms with Crippen molar-refractivity contribution in [1.29, 1.82) is 0 Å². The summed E-state index contributed by atoms with van der Waals surface area (Å²) in [5.41, 5.74) is 1.88. The molecule has 8 nitrogen and oxygen atoms in total. The van der Waals surface area contributed by atoms with Gasteiger partial charge in [0.25, 0.3) is 5.91 Å². The van der Waals surface area contributed by atoms with Gasteiger partial charge in [0.15, 0.2) is 0 Å². The lowest BCUT2D eigenvalue weighted by Gasteiger charge is -2.33. The second-order valence-electron chi connectivity index (χ2n) is 6.38. The Hall–Kier alpha value is -2.87. The molecule has 0 saturated carbocycles. The highest BCUT2D eigenvalue weighted by Crippen LogP contribution is 2.20. The second-order valence-corrected chi connectivity index (χ2v) is 6.38. The number of piperazine rings is 1. The third-order valence-corrected chi connectivity index (χ3v) is 4.43. The molecule has 0 unspecified atom stereocenters. The number of H-pyrrole nitrogens is 1. The largest absolute Gasteiger partial charge is 0.464 e. The highest BCUT2D eigenvalue weighted by Gasteiger charge is 2.19. The Morgan fingerprint density at radius 3 is 2.65 bits per heavy atom. The van der Waals surface area contributed by atoms with Crippen LogP contribution in [0.2, 0.25) is 0 Å². The molecule has 0 aromatic carbocycles. The summed E-state index contributed by atoms with van der Waals surface area (Å²) in [6, 6.07) is 5.14. The summed E-state index contributed by atoms with van der Waals surface area (Å²) >= 11 is 0. The van der Waals surface area contributed by atoms with E-state index in [1.807, 2.05) is 0 Å². The van der Waals surface area contributed by atoms with Gasteiger partial charge in [0.05, 0.1) is 12.8 Å². The number of amides is 1. The Morgan fingerprint density at radius 2 is 1.96 bits per heavy atom. The van der Waals surface area contributed by atoms with Crippen molar-refractivity contribution in [2.24, 2.45) is 0 Å². The van der Waals surface area contributed by atoms with E-state index >= 15 is 0 Å². The Morgan fingerprint density at radius 1 is 1.23 bits per heavy atom. The van der Waals surface area contributed by atoms with Gasteiger partial charge in [0.2, 0.25) is 0 Å². The number of carbonyl (C=O) groups is 2. The molecule has 8 heteroatoms. The SMILES string of the molecule is COC(=O)c1[nH]c(C)cc1NC(=O)c1ccnc(N2CCN(C)CC2)c1. The van der Waals surface area contributed by atoms with Crippen LogP contribution in [0.15, 0.2) is 24.4 Å². The number of methoxy groups -OCH3 is 1. The number of hydrogen-bond acceptors (Lipinski definition) is 6. The number of nitrogens with zero attached hydrogens (tertiary/aromatic N) is 3. The number of aromatic nitrogens is 2. The standard InChI is InChI=1S/C18H23N5O3/c1-12-10-14(16(20-12)18(25)26-3)21-17(24)13-4-5-19-15(11-13)23-8-6-22(2)7-9-23/h4-5,10-11,20H,6-9H2,1-3H3,(H,21,24). The molecule has 0 atom stereocenters. The van der Waals surface area contributed by atoms with E-state index in [4.69, 9.17) is 4.74 Å². The average Bonchev–Trinajstić information content (AvgIpc) is 3.02. The molecule has 1 saturated heterocycles. The maximum absolute atomic E-state index is 12.6. The molecule has 0 bridgehead atoms. The zero-order valence-corrected chi connectivity index (χ0v) is 15.2. The number of ether oxygens (including phenoxy) is 1. The Kier molecular flexibility index (Phi) is 5.22. The monoisotopic (exact) mass is 357 g/mol. The minimum Gasteiger partial charge on any atom is -0.464 e. The van der Waals surface area contributed by atoms with Gasteiger partial charge in [-0.3, -0.25) is 4.79 Å². The maximum atomic E-state index is 12.6. The van der Waals surface area contributed by atoms with E-state index < -0.39 is 5.97 Å². The molecule has 0 spiro atoms. The fourth-order valence-electron chi connectivity index (χ4n) is 2.91. The molecule has 0 aliphatic carbocycles. The highest BCUT2D eigenvalue weighted by atomic mass is 16.5. The normalized spacial score (nSPS) is 15.0. The summed E-state index contributed by atoms with van der Waals surface area (Å²) in [5.74, 6) is -0.0441. The van der Waals surface area contributed by atoms with E-state index in [-0.39, 0.29) is 11.6 Å².